The zero-order valence-corrected chi connectivity index (χ0v) is 14.3. The Bertz CT molecular complexity index is 1150. The molecular formula is C21H28O4. The highest BCUT2D eigenvalue weighted by Gasteiger charge is 2.07. The highest BCUT2D eigenvalue weighted by molar-refractivity contribution is 5.42. The summed E-state index contributed by atoms with van der Waals surface area (Å²) in [7, 11) is 2.39. The molecule has 4 nitrogen and oxygen atoms in total. The average Bonchev–Trinajstić information content (AvgIpc) is 2.82. The van der Waals surface area contributed by atoms with Crippen molar-refractivity contribution in [1.82, 2.24) is 0 Å². The summed E-state index contributed by atoms with van der Waals surface area (Å²) < 4.78 is 113. The highest BCUT2D eigenvalue weighted by atomic mass is 16.5. The van der Waals surface area contributed by atoms with Crippen molar-refractivity contribution in [3.05, 3.63) is 53.4 Å². The number of benzene rings is 2. The fourth-order valence-corrected chi connectivity index (χ4v) is 1.83. The molecular weight excluding hydrogens is 316 g/mol. The Balaban J connectivity index is 2.32. The van der Waals surface area contributed by atoms with Gasteiger partial charge in [-0.25, -0.2) is 0 Å². The average molecular weight is 357 g/mol. The lowest BCUT2D eigenvalue weighted by atomic mass is 10.0. The lowest BCUT2D eigenvalue weighted by Crippen LogP contribution is -2.17. The Kier molecular flexibility index (Phi) is 3.36. The van der Waals surface area contributed by atoms with Gasteiger partial charge in [0.05, 0.1) is 31.3 Å². The summed E-state index contributed by atoms with van der Waals surface area (Å²) in [6.07, 6.45) is -9.84. The number of aliphatic hydroxyl groups is 1. The Labute approximate surface area is 167 Å². The van der Waals surface area contributed by atoms with Gasteiger partial charge in [-0.3, -0.25) is 0 Å². The first-order valence-corrected chi connectivity index (χ1v) is 7.50. The molecule has 0 saturated carbocycles. The zero-order chi connectivity index (χ0) is 28.7. The molecule has 0 aliphatic heterocycles. The summed E-state index contributed by atoms with van der Waals surface area (Å²) in [5, 5.41) is 10.5. The lowest BCUT2D eigenvalue weighted by Gasteiger charge is -2.13. The van der Waals surface area contributed by atoms with E-state index < -0.39 is 85.8 Å². The third-order valence-electron chi connectivity index (χ3n) is 2.99. The van der Waals surface area contributed by atoms with Crippen LogP contribution in [0, 0.1) is 6.92 Å². The predicted octanol–water partition coefficient (Wildman–Crippen LogP) is 4.16. The summed E-state index contributed by atoms with van der Waals surface area (Å²) in [5.74, 6) is -0.991. The minimum Gasteiger partial charge on any atom is -0.493 e. The maximum absolute atomic E-state index is 10.5. The molecule has 4 heteroatoms. The van der Waals surface area contributed by atoms with Crippen molar-refractivity contribution in [3.8, 4) is 17.2 Å². The van der Waals surface area contributed by atoms with E-state index in [9.17, 15) is 5.11 Å². The lowest BCUT2D eigenvalue weighted by molar-refractivity contribution is 0.0976. The van der Waals surface area contributed by atoms with Crippen molar-refractivity contribution < 1.29 is 35.8 Å². The molecule has 2 rings (SSSR count). The van der Waals surface area contributed by atoms with Crippen LogP contribution in [0.15, 0.2) is 42.3 Å². The minimum absolute atomic E-state index is 0.0294. The quantitative estimate of drug-likeness (QED) is 0.694. The number of hydrogen-bond acceptors (Lipinski definition) is 4. The molecule has 0 aromatic heterocycles. The van der Waals surface area contributed by atoms with E-state index in [4.69, 9.17) is 30.7 Å². The van der Waals surface area contributed by atoms with Gasteiger partial charge in [-0.2, -0.15) is 0 Å². The second-order valence-corrected chi connectivity index (χ2v) is 4.86. The van der Waals surface area contributed by atoms with Gasteiger partial charge in [-0.15, -0.1) is 0 Å². The molecule has 0 saturated heterocycles. The van der Waals surface area contributed by atoms with Crippen molar-refractivity contribution in [2.45, 2.75) is 38.6 Å². The molecule has 1 unspecified atom stereocenters. The van der Waals surface area contributed by atoms with Crippen LogP contribution in [0.3, 0.4) is 0 Å². The maximum atomic E-state index is 10.5. The number of methoxy groups -OCH3 is 2. The van der Waals surface area contributed by atoms with Crippen LogP contribution in [0.2, 0.25) is 0 Å². The van der Waals surface area contributed by atoms with Crippen LogP contribution in [0.25, 0.3) is 0 Å². The molecule has 0 heterocycles. The first-order chi connectivity index (χ1) is 16.9. The van der Waals surface area contributed by atoms with Crippen molar-refractivity contribution in [2.24, 2.45) is 0 Å². The van der Waals surface area contributed by atoms with Crippen molar-refractivity contribution in [2.75, 3.05) is 20.8 Å². The van der Waals surface area contributed by atoms with E-state index in [2.05, 4.69) is 0 Å². The third-order valence-corrected chi connectivity index (χ3v) is 2.99. The largest absolute Gasteiger partial charge is 0.493 e. The number of rotatable bonds is 10. The Hall–Kier alpha value is -2.20. The van der Waals surface area contributed by atoms with Crippen LogP contribution in [0.5, 0.6) is 17.2 Å². The molecule has 0 spiro atoms. The van der Waals surface area contributed by atoms with Crippen LogP contribution in [0.1, 0.15) is 46.8 Å². The summed E-state index contributed by atoms with van der Waals surface area (Å²) in [6, 6.07) is -3.65. The Morgan fingerprint density at radius 3 is 2.68 bits per heavy atom. The Morgan fingerprint density at radius 2 is 1.92 bits per heavy atom. The molecule has 0 amide bonds. The molecule has 0 fully saturated rings. The molecule has 0 aliphatic rings. The second kappa shape index (κ2) is 9.94. The van der Waals surface area contributed by atoms with Gasteiger partial charge in [0.2, 0.25) is 0 Å². The van der Waals surface area contributed by atoms with Crippen LogP contribution in [-0.2, 0) is 6.37 Å². The van der Waals surface area contributed by atoms with Gasteiger partial charge in [-0.05, 0) is 61.4 Å². The molecule has 0 bridgehead atoms. The third kappa shape index (κ3) is 6.31. The van der Waals surface area contributed by atoms with Gasteiger partial charge < -0.3 is 19.3 Å². The van der Waals surface area contributed by atoms with Crippen LogP contribution in [0.4, 0.5) is 0 Å². The summed E-state index contributed by atoms with van der Waals surface area (Å²) in [4.78, 5) is 0. The van der Waals surface area contributed by atoms with Gasteiger partial charge in [0, 0.05) is 5.48 Å². The van der Waals surface area contributed by atoms with Gasteiger partial charge in [-0.1, -0.05) is 24.5 Å². The van der Waals surface area contributed by atoms with Crippen LogP contribution < -0.4 is 14.2 Å². The second-order valence-electron chi connectivity index (χ2n) is 4.86. The van der Waals surface area contributed by atoms with Crippen LogP contribution >= 0.6 is 0 Å². The standard InChI is InChI=1S/C21H28O4/c1-16-7-6-10-19(13-16)25-15-18(22)9-5-4-8-17-11-12-20(23-2)21(14-17)24-3/h6-7,10-14,18,22H,4-5,8-9,15H2,1-3H3/i6D,7D,8D2,9D2,10D,11D,12D,13D,14D,18D. The van der Waals surface area contributed by atoms with Crippen molar-refractivity contribution >= 4 is 0 Å². The van der Waals surface area contributed by atoms with E-state index in [1.54, 1.807) is 0 Å². The van der Waals surface area contributed by atoms with Gasteiger partial charge in [0.25, 0.3) is 0 Å². The van der Waals surface area contributed by atoms with E-state index in [0.717, 1.165) is 0 Å². The molecule has 2 aromatic rings. The summed E-state index contributed by atoms with van der Waals surface area (Å²) >= 11 is 0. The van der Waals surface area contributed by atoms with Gasteiger partial charge in [0.15, 0.2) is 11.5 Å². The maximum Gasteiger partial charge on any atom is 0.160 e. The fraction of sp³-hybridized carbons (Fsp3) is 0.429. The number of hydrogen-bond donors (Lipinski definition) is 1. The van der Waals surface area contributed by atoms with Gasteiger partial charge >= 0.3 is 0 Å². The van der Waals surface area contributed by atoms with E-state index >= 15 is 0 Å². The minimum atomic E-state index is -3.00. The Morgan fingerprint density at radius 1 is 1.12 bits per heavy atom. The predicted molar refractivity (Wildman–Crippen MR) is 99.8 cm³/mol. The molecule has 2 aromatic carbocycles. The van der Waals surface area contributed by atoms with Crippen LogP contribution in [-0.4, -0.2) is 32.0 Å². The first kappa shape index (κ1) is 8.45. The zero-order valence-electron chi connectivity index (χ0n) is 26.3. The molecule has 136 valence electrons. The molecule has 0 radical (unpaired) electrons. The van der Waals surface area contributed by atoms with Crippen molar-refractivity contribution in [3.63, 3.8) is 0 Å². The SMILES string of the molecule is [2H]c1c([2H])c(C)c([2H])c(OCC([2H])(O)C([2H])([2H])CCC([2H])([2H])c2c([2H])c([2H])c(OC)c(OC)c2[2H])c1[2H]. The normalized spacial score (nSPS) is 21.1. The smallest absolute Gasteiger partial charge is 0.160 e. The van der Waals surface area contributed by atoms with E-state index in [0.29, 0.717) is 0 Å². The first-order valence-electron chi connectivity index (χ1n) is 13.5. The fourth-order valence-electron chi connectivity index (χ4n) is 1.83. The van der Waals surface area contributed by atoms with Crippen molar-refractivity contribution in [1.29, 1.82) is 0 Å². The molecule has 1 atom stereocenters. The summed E-state index contributed by atoms with van der Waals surface area (Å²) in [5.41, 5.74) is -0.510. The molecule has 1 N–H and O–H groups in total. The van der Waals surface area contributed by atoms with E-state index in [-0.39, 0.29) is 23.1 Å². The summed E-state index contributed by atoms with van der Waals surface area (Å²) in [6.45, 7) is 0.290. The molecule has 0 aliphatic carbocycles. The monoisotopic (exact) mass is 356 g/mol. The van der Waals surface area contributed by atoms with E-state index in [1.807, 2.05) is 0 Å². The molecule has 25 heavy (non-hydrogen) atoms. The highest BCUT2D eigenvalue weighted by Crippen LogP contribution is 2.28. The van der Waals surface area contributed by atoms with Gasteiger partial charge in [0.1, 0.15) is 12.4 Å². The topological polar surface area (TPSA) is 47.9 Å². The van der Waals surface area contributed by atoms with E-state index in [1.165, 1.54) is 21.1 Å². The number of ether oxygens (including phenoxy) is 3.